The van der Waals surface area contributed by atoms with E-state index in [4.69, 9.17) is 4.74 Å². The van der Waals surface area contributed by atoms with Crippen molar-refractivity contribution in [2.45, 2.75) is 32.4 Å². The number of aryl methyl sites for hydroxylation is 1. The molecule has 0 bridgehead atoms. The Balaban J connectivity index is 1.54. The van der Waals surface area contributed by atoms with Crippen molar-refractivity contribution in [3.63, 3.8) is 0 Å². The molecule has 1 aliphatic rings. The summed E-state index contributed by atoms with van der Waals surface area (Å²) in [5.74, 6) is -0.0527. The molecule has 1 amide bonds. The van der Waals surface area contributed by atoms with E-state index in [9.17, 15) is 4.79 Å². The third-order valence-electron chi connectivity index (χ3n) is 4.12. The molecular weight excluding hydrogens is 288 g/mol. The van der Waals surface area contributed by atoms with Gasteiger partial charge >= 0.3 is 0 Å². The van der Waals surface area contributed by atoms with Crippen molar-refractivity contribution in [1.29, 1.82) is 0 Å². The second kappa shape index (κ2) is 7.29. The number of carbonyl (C=O) groups is 1. The number of rotatable bonds is 5. The van der Waals surface area contributed by atoms with E-state index in [2.05, 4.69) is 29.7 Å². The monoisotopic (exact) mass is 310 g/mol. The zero-order valence-electron chi connectivity index (χ0n) is 13.3. The van der Waals surface area contributed by atoms with Gasteiger partial charge in [-0.05, 0) is 55.2 Å². The Morgan fingerprint density at radius 1 is 1.13 bits per heavy atom. The Bertz CT molecular complexity index is 661. The number of amides is 1. The number of anilines is 2. The Hall–Kier alpha value is -2.33. The van der Waals surface area contributed by atoms with Gasteiger partial charge in [0.05, 0.1) is 0 Å². The Kier molecular flexibility index (Phi) is 4.93. The van der Waals surface area contributed by atoms with Crippen LogP contribution in [0.5, 0.6) is 0 Å². The summed E-state index contributed by atoms with van der Waals surface area (Å²) in [7, 11) is 0. The highest BCUT2D eigenvalue weighted by Gasteiger charge is 2.23. The van der Waals surface area contributed by atoms with Crippen LogP contribution in [0.2, 0.25) is 0 Å². The minimum Gasteiger partial charge on any atom is -0.381 e. The number of hydrogen-bond acceptors (Lipinski definition) is 3. The average Bonchev–Trinajstić information content (AvgIpc) is 3.10. The van der Waals surface area contributed by atoms with Crippen LogP contribution in [0.4, 0.5) is 11.4 Å². The van der Waals surface area contributed by atoms with E-state index < -0.39 is 0 Å². The van der Waals surface area contributed by atoms with Crippen LogP contribution in [-0.2, 0) is 16.1 Å². The van der Waals surface area contributed by atoms with E-state index in [0.29, 0.717) is 6.61 Å². The lowest BCUT2D eigenvalue weighted by Gasteiger charge is -2.12. The van der Waals surface area contributed by atoms with Crippen LogP contribution in [0.3, 0.4) is 0 Å². The molecule has 1 aliphatic heterocycles. The SMILES string of the molecule is Cc1ccccc1CNc1ccc(NC(=O)C2CCCO2)cc1. The molecule has 23 heavy (non-hydrogen) atoms. The topological polar surface area (TPSA) is 50.4 Å². The van der Waals surface area contributed by atoms with Crippen LogP contribution in [0.1, 0.15) is 24.0 Å². The van der Waals surface area contributed by atoms with Crippen LogP contribution < -0.4 is 10.6 Å². The highest BCUT2D eigenvalue weighted by molar-refractivity contribution is 5.94. The van der Waals surface area contributed by atoms with Gasteiger partial charge in [-0.15, -0.1) is 0 Å². The summed E-state index contributed by atoms with van der Waals surface area (Å²) in [4.78, 5) is 12.0. The fourth-order valence-electron chi connectivity index (χ4n) is 2.68. The Morgan fingerprint density at radius 3 is 2.57 bits per heavy atom. The van der Waals surface area contributed by atoms with Crippen LogP contribution >= 0.6 is 0 Å². The molecule has 2 N–H and O–H groups in total. The van der Waals surface area contributed by atoms with E-state index in [1.165, 1.54) is 11.1 Å². The average molecular weight is 310 g/mol. The molecule has 4 nitrogen and oxygen atoms in total. The molecule has 2 aromatic rings. The molecule has 4 heteroatoms. The third kappa shape index (κ3) is 4.11. The fraction of sp³-hybridized carbons (Fsp3) is 0.316. The molecule has 0 saturated carbocycles. The second-order valence-corrected chi connectivity index (χ2v) is 5.85. The second-order valence-electron chi connectivity index (χ2n) is 5.85. The van der Waals surface area contributed by atoms with Crippen molar-refractivity contribution in [2.24, 2.45) is 0 Å². The standard InChI is InChI=1S/C19H22N2O2/c1-14-5-2-3-6-15(14)13-20-16-8-10-17(11-9-16)21-19(22)18-7-4-12-23-18/h2-3,5-6,8-11,18,20H,4,7,12-13H2,1H3,(H,21,22). The Morgan fingerprint density at radius 2 is 1.87 bits per heavy atom. The first-order valence-electron chi connectivity index (χ1n) is 8.03. The summed E-state index contributed by atoms with van der Waals surface area (Å²) >= 11 is 0. The molecule has 0 aromatic heterocycles. The lowest BCUT2D eigenvalue weighted by atomic mass is 10.1. The summed E-state index contributed by atoms with van der Waals surface area (Å²) in [6.07, 6.45) is 1.47. The first-order chi connectivity index (χ1) is 11.2. The van der Waals surface area contributed by atoms with Crippen molar-refractivity contribution >= 4 is 17.3 Å². The van der Waals surface area contributed by atoms with E-state index in [-0.39, 0.29) is 12.0 Å². The van der Waals surface area contributed by atoms with Gasteiger partial charge in [-0.2, -0.15) is 0 Å². The summed E-state index contributed by atoms with van der Waals surface area (Å²) in [6.45, 7) is 3.58. The molecule has 3 rings (SSSR count). The van der Waals surface area contributed by atoms with Gasteiger partial charge in [0.25, 0.3) is 5.91 Å². The quantitative estimate of drug-likeness (QED) is 0.885. The smallest absolute Gasteiger partial charge is 0.253 e. The van der Waals surface area contributed by atoms with E-state index in [1.54, 1.807) is 0 Å². The molecule has 1 atom stereocenters. The normalized spacial score (nSPS) is 17.0. The fourth-order valence-corrected chi connectivity index (χ4v) is 2.68. The van der Waals surface area contributed by atoms with Gasteiger partial charge in [-0.3, -0.25) is 4.79 Å². The molecule has 1 fully saturated rings. The van der Waals surface area contributed by atoms with Crippen LogP contribution in [0.15, 0.2) is 48.5 Å². The highest BCUT2D eigenvalue weighted by Crippen LogP contribution is 2.18. The van der Waals surface area contributed by atoms with Crippen molar-refractivity contribution in [1.82, 2.24) is 0 Å². The van der Waals surface area contributed by atoms with Crippen molar-refractivity contribution in [3.8, 4) is 0 Å². The molecule has 1 unspecified atom stereocenters. The number of nitrogens with one attached hydrogen (secondary N) is 2. The van der Waals surface area contributed by atoms with Crippen molar-refractivity contribution in [2.75, 3.05) is 17.2 Å². The summed E-state index contributed by atoms with van der Waals surface area (Å²) < 4.78 is 5.39. The van der Waals surface area contributed by atoms with Crippen LogP contribution in [0.25, 0.3) is 0 Å². The van der Waals surface area contributed by atoms with Gasteiger partial charge < -0.3 is 15.4 Å². The lowest BCUT2D eigenvalue weighted by molar-refractivity contribution is -0.124. The maximum Gasteiger partial charge on any atom is 0.253 e. The molecule has 2 aromatic carbocycles. The third-order valence-corrected chi connectivity index (χ3v) is 4.12. The largest absolute Gasteiger partial charge is 0.381 e. The molecular formula is C19H22N2O2. The lowest BCUT2D eigenvalue weighted by Crippen LogP contribution is -2.26. The van der Waals surface area contributed by atoms with E-state index >= 15 is 0 Å². The maximum absolute atomic E-state index is 12.0. The van der Waals surface area contributed by atoms with Gasteiger partial charge in [0, 0.05) is 24.5 Å². The maximum atomic E-state index is 12.0. The van der Waals surface area contributed by atoms with Crippen LogP contribution in [-0.4, -0.2) is 18.6 Å². The minimum absolute atomic E-state index is 0.0527. The van der Waals surface area contributed by atoms with Crippen molar-refractivity contribution in [3.05, 3.63) is 59.7 Å². The van der Waals surface area contributed by atoms with E-state index in [0.717, 1.165) is 30.8 Å². The minimum atomic E-state index is -0.297. The molecule has 1 saturated heterocycles. The van der Waals surface area contributed by atoms with Gasteiger partial charge in [0.1, 0.15) is 6.10 Å². The molecule has 0 radical (unpaired) electrons. The number of hydrogen-bond donors (Lipinski definition) is 2. The van der Waals surface area contributed by atoms with Gasteiger partial charge in [-0.1, -0.05) is 24.3 Å². The first-order valence-corrected chi connectivity index (χ1v) is 8.03. The van der Waals surface area contributed by atoms with Crippen molar-refractivity contribution < 1.29 is 9.53 Å². The Labute approximate surface area is 136 Å². The van der Waals surface area contributed by atoms with Gasteiger partial charge in [0.2, 0.25) is 0 Å². The van der Waals surface area contributed by atoms with Gasteiger partial charge in [0.15, 0.2) is 0 Å². The summed E-state index contributed by atoms with van der Waals surface area (Å²) in [5.41, 5.74) is 4.39. The number of carbonyl (C=O) groups excluding carboxylic acids is 1. The molecule has 120 valence electrons. The number of ether oxygens (including phenoxy) is 1. The predicted octanol–water partition coefficient (Wildman–Crippen LogP) is 3.72. The highest BCUT2D eigenvalue weighted by atomic mass is 16.5. The number of benzene rings is 2. The van der Waals surface area contributed by atoms with Gasteiger partial charge in [-0.25, -0.2) is 0 Å². The molecule has 1 heterocycles. The van der Waals surface area contributed by atoms with E-state index in [1.807, 2.05) is 36.4 Å². The summed E-state index contributed by atoms with van der Waals surface area (Å²) in [5, 5.41) is 6.30. The molecule has 0 spiro atoms. The summed E-state index contributed by atoms with van der Waals surface area (Å²) in [6, 6.07) is 16.1. The first kappa shape index (κ1) is 15.6. The zero-order valence-corrected chi connectivity index (χ0v) is 13.3. The molecule has 0 aliphatic carbocycles. The predicted molar refractivity (Wildman–Crippen MR) is 92.6 cm³/mol. The zero-order chi connectivity index (χ0) is 16.1. The van der Waals surface area contributed by atoms with Crippen LogP contribution in [0, 0.1) is 6.92 Å².